The molecule has 1 aromatic heterocycles. The molecule has 39 heavy (non-hydrogen) atoms. The molecule has 0 N–H and O–H groups in total. The minimum absolute atomic E-state index is 0.0298. The third-order valence-corrected chi connectivity index (χ3v) is 11.7. The Labute approximate surface area is 228 Å². The van der Waals surface area contributed by atoms with E-state index in [4.69, 9.17) is 23.4 Å². The van der Waals surface area contributed by atoms with Crippen LogP contribution in [0.2, 0.25) is 0 Å². The molecule has 3 heterocycles. The summed E-state index contributed by atoms with van der Waals surface area (Å²) in [5, 5.41) is 0. The number of carbonyl (C=O) groups is 4. The van der Waals surface area contributed by atoms with Crippen molar-refractivity contribution in [1.82, 2.24) is 0 Å². The first-order valence-corrected chi connectivity index (χ1v) is 13.9. The fraction of sp³-hybridized carbons (Fsp3) is 0.733. The van der Waals surface area contributed by atoms with E-state index in [-0.39, 0.29) is 24.0 Å². The fourth-order valence-electron chi connectivity index (χ4n) is 9.92. The summed E-state index contributed by atoms with van der Waals surface area (Å²) >= 11 is 0. The molecule has 1 spiro atoms. The second-order valence-corrected chi connectivity index (χ2v) is 13.6. The average Bonchev–Trinajstić information content (AvgIpc) is 3.41. The fourth-order valence-corrected chi connectivity index (χ4v) is 9.92. The van der Waals surface area contributed by atoms with Crippen LogP contribution < -0.4 is 0 Å². The maximum Gasteiger partial charge on any atom is 0.339 e. The summed E-state index contributed by atoms with van der Waals surface area (Å²) in [6.45, 7) is 13.0. The largest absolute Gasteiger partial charge is 0.472 e. The van der Waals surface area contributed by atoms with Gasteiger partial charge in [-0.3, -0.25) is 14.4 Å². The lowest BCUT2D eigenvalue weighted by molar-refractivity contribution is -0.259. The Balaban J connectivity index is 1.50. The van der Waals surface area contributed by atoms with Crippen LogP contribution in [0.15, 0.2) is 23.0 Å². The van der Waals surface area contributed by atoms with Crippen LogP contribution in [0.3, 0.4) is 0 Å². The van der Waals surface area contributed by atoms with Gasteiger partial charge in [-0.05, 0) is 37.7 Å². The Morgan fingerprint density at radius 2 is 1.62 bits per heavy atom. The average molecular weight is 543 g/mol. The Hall–Kier alpha value is -2.68. The molecule has 0 aromatic carbocycles. The van der Waals surface area contributed by atoms with Gasteiger partial charge in [0.1, 0.15) is 29.7 Å². The molecule has 0 bridgehead atoms. The van der Waals surface area contributed by atoms with E-state index in [0.717, 1.165) is 5.56 Å². The molecule has 0 unspecified atom stereocenters. The summed E-state index contributed by atoms with van der Waals surface area (Å²) in [5.74, 6) is -1.72. The molecule has 5 fully saturated rings. The number of hydrogen-bond donors (Lipinski definition) is 0. The van der Waals surface area contributed by atoms with E-state index < -0.39 is 69.6 Å². The quantitative estimate of drug-likeness (QED) is 0.312. The Morgan fingerprint density at radius 3 is 2.23 bits per heavy atom. The predicted molar refractivity (Wildman–Crippen MR) is 135 cm³/mol. The van der Waals surface area contributed by atoms with E-state index in [1.807, 2.05) is 20.8 Å². The van der Waals surface area contributed by atoms with Crippen LogP contribution >= 0.6 is 0 Å². The number of hydrogen-bond acceptors (Lipinski definition) is 9. The van der Waals surface area contributed by atoms with E-state index in [1.165, 1.54) is 13.8 Å². The molecule has 9 nitrogen and oxygen atoms in total. The minimum atomic E-state index is -1.05. The highest BCUT2D eigenvalue weighted by atomic mass is 16.7. The van der Waals surface area contributed by atoms with Gasteiger partial charge in [0.25, 0.3) is 0 Å². The molecule has 3 saturated carbocycles. The zero-order valence-corrected chi connectivity index (χ0v) is 23.7. The smallest absolute Gasteiger partial charge is 0.339 e. The van der Waals surface area contributed by atoms with Crippen LogP contribution in [-0.4, -0.2) is 47.6 Å². The number of ether oxygens (including phenoxy) is 4. The van der Waals surface area contributed by atoms with Crippen molar-refractivity contribution in [3.8, 4) is 0 Å². The van der Waals surface area contributed by atoms with Gasteiger partial charge in [-0.2, -0.15) is 0 Å². The van der Waals surface area contributed by atoms with Gasteiger partial charge in [0.2, 0.25) is 0 Å². The second-order valence-electron chi connectivity index (χ2n) is 13.6. The molecule has 0 amide bonds. The first kappa shape index (κ1) is 26.5. The normalized spacial score (nSPS) is 47.5. The number of epoxide rings is 1. The highest BCUT2D eigenvalue weighted by Gasteiger charge is 2.89. The van der Waals surface area contributed by atoms with Crippen molar-refractivity contribution in [2.75, 3.05) is 0 Å². The van der Waals surface area contributed by atoms with Crippen molar-refractivity contribution < 1.29 is 42.5 Å². The lowest BCUT2D eigenvalue weighted by Gasteiger charge is -2.69. The number of cyclic esters (lactones) is 1. The highest BCUT2D eigenvalue weighted by Crippen LogP contribution is 2.79. The van der Waals surface area contributed by atoms with Crippen LogP contribution in [0, 0.1) is 33.5 Å². The van der Waals surface area contributed by atoms with Crippen LogP contribution in [0.5, 0.6) is 0 Å². The monoisotopic (exact) mass is 542 g/mol. The van der Waals surface area contributed by atoms with Gasteiger partial charge < -0.3 is 23.4 Å². The summed E-state index contributed by atoms with van der Waals surface area (Å²) in [6, 6.07) is 1.80. The molecule has 3 aliphatic carbocycles. The molecular weight excluding hydrogens is 504 g/mol. The highest BCUT2D eigenvalue weighted by molar-refractivity contribution is 5.93. The zero-order chi connectivity index (χ0) is 28.3. The molecule has 212 valence electrons. The Morgan fingerprint density at radius 1 is 0.949 bits per heavy atom. The zero-order valence-electron chi connectivity index (χ0n) is 23.7. The standard InChI is InChI=1S/C30H38O9/c1-15(31)36-21-13-22(37-16(2)32)28(6)18-8-10-27(5)23(17-9-11-35-14-17)38-25(34)24-30(27,39-24)29(18,7)20(33)12-19(28)26(21,3)4/h9,11,14,18-19,21-24H,8,10,12-13H2,1-7H3/t18-,19+,21-,22+,23+,24-,27+,28-,29+,30-/m1/s1. The predicted octanol–water partition coefficient (Wildman–Crippen LogP) is 4.33. The number of rotatable bonds is 3. The van der Waals surface area contributed by atoms with E-state index in [9.17, 15) is 19.2 Å². The molecule has 10 atom stereocenters. The molecule has 0 radical (unpaired) electrons. The number of fused-ring (bicyclic) bond motifs is 3. The van der Waals surface area contributed by atoms with Gasteiger partial charge in [-0.15, -0.1) is 0 Å². The van der Waals surface area contributed by atoms with Crippen molar-refractivity contribution in [2.45, 2.75) is 104 Å². The van der Waals surface area contributed by atoms with Crippen molar-refractivity contribution in [1.29, 1.82) is 0 Å². The third kappa shape index (κ3) is 3.05. The second kappa shape index (κ2) is 7.95. The first-order chi connectivity index (χ1) is 18.2. The minimum Gasteiger partial charge on any atom is -0.472 e. The lowest BCUT2D eigenvalue weighted by atomic mass is 9.34. The van der Waals surface area contributed by atoms with Crippen molar-refractivity contribution in [2.24, 2.45) is 33.5 Å². The summed E-state index contributed by atoms with van der Waals surface area (Å²) in [7, 11) is 0. The number of esters is 3. The van der Waals surface area contributed by atoms with E-state index in [1.54, 1.807) is 18.6 Å². The van der Waals surface area contributed by atoms with E-state index in [0.29, 0.717) is 19.3 Å². The van der Waals surface area contributed by atoms with Gasteiger partial charge in [-0.25, -0.2) is 4.79 Å². The molecule has 9 heteroatoms. The van der Waals surface area contributed by atoms with Crippen molar-refractivity contribution in [3.05, 3.63) is 24.2 Å². The molecule has 1 aromatic rings. The first-order valence-electron chi connectivity index (χ1n) is 13.9. The van der Waals surface area contributed by atoms with E-state index in [2.05, 4.69) is 13.8 Å². The molecule has 5 aliphatic rings. The topological polar surface area (TPSA) is 122 Å². The summed E-state index contributed by atoms with van der Waals surface area (Å²) in [6.07, 6.45) is 2.44. The van der Waals surface area contributed by atoms with Crippen LogP contribution in [0.25, 0.3) is 0 Å². The van der Waals surface area contributed by atoms with E-state index >= 15 is 0 Å². The molecule has 2 aliphatic heterocycles. The lowest BCUT2D eigenvalue weighted by Crippen LogP contribution is -2.74. The number of carbonyl (C=O) groups excluding carboxylic acids is 4. The maximum atomic E-state index is 14.6. The number of ketones is 1. The Kier molecular flexibility index (Phi) is 5.41. The van der Waals surface area contributed by atoms with Crippen molar-refractivity contribution in [3.63, 3.8) is 0 Å². The SMILES string of the molecule is CC(=O)O[C@H]1C[C@@H](OC(C)=O)C(C)(C)[C@@H]2CC(=O)[C@]3(C)[C@H](CC[C@@]4(C)[C@H](c5ccoc5)OC(=O)[C@H]5O[C@]543)[C@@]12C. The van der Waals surface area contributed by atoms with Crippen LogP contribution in [0.1, 0.15) is 85.8 Å². The summed E-state index contributed by atoms with van der Waals surface area (Å²) in [4.78, 5) is 52.3. The third-order valence-electron chi connectivity index (χ3n) is 11.7. The molecule has 2 saturated heterocycles. The van der Waals surface area contributed by atoms with Crippen LogP contribution in [0.4, 0.5) is 0 Å². The summed E-state index contributed by atoms with van der Waals surface area (Å²) < 4.78 is 29.5. The van der Waals surface area contributed by atoms with Gasteiger partial charge in [0, 0.05) is 48.5 Å². The maximum absolute atomic E-state index is 14.6. The van der Waals surface area contributed by atoms with Gasteiger partial charge in [0.05, 0.1) is 17.9 Å². The van der Waals surface area contributed by atoms with Gasteiger partial charge >= 0.3 is 17.9 Å². The van der Waals surface area contributed by atoms with Crippen molar-refractivity contribution >= 4 is 23.7 Å². The summed E-state index contributed by atoms with van der Waals surface area (Å²) in [5.41, 5.74) is -3.19. The molecular formula is C30H38O9. The number of Topliss-reactive ketones (excluding diaryl/α,β-unsaturated/α-hetero) is 1. The Bertz CT molecular complexity index is 1250. The van der Waals surface area contributed by atoms with Gasteiger partial charge in [-0.1, -0.05) is 27.7 Å². The van der Waals surface area contributed by atoms with Gasteiger partial charge in [0.15, 0.2) is 6.10 Å². The molecule has 6 rings (SSSR count). The van der Waals surface area contributed by atoms with Crippen LogP contribution in [-0.2, 0) is 38.1 Å². The number of furan rings is 1.